The topological polar surface area (TPSA) is 68.0 Å². The summed E-state index contributed by atoms with van der Waals surface area (Å²) < 4.78 is 5.71. The van der Waals surface area contributed by atoms with Gasteiger partial charge in [0, 0.05) is 11.4 Å². The highest BCUT2D eigenvalue weighted by molar-refractivity contribution is 9.10. The van der Waals surface area contributed by atoms with Crippen molar-refractivity contribution in [2.45, 2.75) is 26.3 Å². The van der Waals surface area contributed by atoms with Gasteiger partial charge in [-0.3, -0.25) is 4.79 Å². The number of nitrogens with zero attached hydrogens (tertiary/aromatic N) is 2. The second-order valence-corrected chi connectivity index (χ2v) is 6.16. The third-order valence-electron chi connectivity index (χ3n) is 2.69. The van der Waals surface area contributed by atoms with Crippen molar-refractivity contribution in [1.29, 1.82) is 0 Å². The molecule has 1 N–H and O–H groups in total. The fraction of sp³-hybridized carbons (Fsp3) is 0.308. The Morgan fingerprint density at radius 1 is 1.45 bits per heavy atom. The molecule has 0 aliphatic rings. The number of aromatic nitrogens is 2. The lowest BCUT2D eigenvalue weighted by molar-refractivity contribution is 0.0907. The monoisotopic (exact) mass is 357 g/mol. The van der Waals surface area contributed by atoms with Crippen LogP contribution in [-0.2, 0) is 5.54 Å². The summed E-state index contributed by atoms with van der Waals surface area (Å²) in [5.41, 5.74) is -0.380. The van der Waals surface area contributed by atoms with E-state index >= 15 is 0 Å². The van der Waals surface area contributed by atoms with Gasteiger partial charge in [0.15, 0.2) is 5.82 Å². The van der Waals surface area contributed by atoms with E-state index in [1.807, 2.05) is 0 Å². The van der Waals surface area contributed by atoms with Crippen LogP contribution in [0.1, 0.15) is 35.9 Å². The second-order valence-electron chi connectivity index (χ2n) is 4.84. The Labute approximate surface area is 129 Å². The van der Waals surface area contributed by atoms with Crippen LogP contribution in [0.2, 0.25) is 5.02 Å². The van der Waals surface area contributed by atoms with Crippen LogP contribution in [0.3, 0.4) is 0 Å². The maximum atomic E-state index is 12.3. The summed E-state index contributed by atoms with van der Waals surface area (Å²) in [6.07, 6.45) is 0. The van der Waals surface area contributed by atoms with Crippen molar-refractivity contribution in [1.82, 2.24) is 15.5 Å². The zero-order chi connectivity index (χ0) is 14.9. The van der Waals surface area contributed by atoms with E-state index in [2.05, 4.69) is 31.4 Å². The fourth-order valence-corrected chi connectivity index (χ4v) is 2.20. The summed E-state index contributed by atoms with van der Waals surface area (Å²) in [6, 6.07) is 5.09. The fourth-order valence-electron chi connectivity index (χ4n) is 1.63. The molecule has 7 heteroatoms. The van der Waals surface area contributed by atoms with Crippen LogP contribution in [-0.4, -0.2) is 16.0 Å². The van der Waals surface area contributed by atoms with Crippen molar-refractivity contribution in [3.8, 4) is 0 Å². The predicted molar refractivity (Wildman–Crippen MR) is 78.7 cm³/mol. The van der Waals surface area contributed by atoms with Crippen LogP contribution in [0.25, 0.3) is 0 Å². The number of hydrogen-bond donors (Lipinski definition) is 1. The average molecular weight is 359 g/mol. The SMILES string of the molecule is Cc1nc(C(C)(C)NC(=O)c2cc(Br)ccc2Cl)no1. The molecule has 1 heterocycles. The Morgan fingerprint density at radius 2 is 2.15 bits per heavy atom. The third-order valence-corrected chi connectivity index (χ3v) is 3.51. The number of amides is 1. The van der Waals surface area contributed by atoms with Crippen molar-refractivity contribution in [2.75, 3.05) is 0 Å². The molecule has 0 aliphatic heterocycles. The maximum absolute atomic E-state index is 12.3. The molecule has 0 unspecified atom stereocenters. The molecule has 1 aromatic carbocycles. The molecule has 2 aromatic rings. The van der Waals surface area contributed by atoms with Gasteiger partial charge in [-0.05, 0) is 32.0 Å². The Balaban J connectivity index is 2.24. The average Bonchev–Trinajstić information content (AvgIpc) is 2.79. The van der Waals surface area contributed by atoms with Crippen molar-refractivity contribution >= 4 is 33.4 Å². The van der Waals surface area contributed by atoms with Crippen molar-refractivity contribution in [2.24, 2.45) is 0 Å². The van der Waals surface area contributed by atoms with E-state index in [0.717, 1.165) is 4.47 Å². The zero-order valence-corrected chi connectivity index (χ0v) is 13.5. The van der Waals surface area contributed by atoms with Gasteiger partial charge in [0.25, 0.3) is 5.91 Å². The molecule has 2 rings (SSSR count). The standard InChI is InChI=1S/C13H13BrClN3O2/c1-7-16-12(18-20-7)13(2,3)17-11(19)9-6-8(14)4-5-10(9)15/h4-6H,1-3H3,(H,17,19). The summed E-state index contributed by atoms with van der Waals surface area (Å²) in [6.45, 7) is 5.28. The molecule has 0 atom stereocenters. The van der Waals surface area contributed by atoms with Crippen LogP contribution in [0.5, 0.6) is 0 Å². The Kier molecular flexibility index (Phi) is 4.15. The first-order chi connectivity index (χ1) is 9.29. The van der Waals surface area contributed by atoms with Gasteiger partial charge in [-0.1, -0.05) is 32.7 Å². The van der Waals surface area contributed by atoms with Crippen molar-refractivity contribution in [3.63, 3.8) is 0 Å². The van der Waals surface area contributed by atoms with Gasteiger partial charge in [0.05, 0.1) is 16.1 Å². The number of nitrogens with one attached hydrogen (secondary N) is 1. The first-order valence-electron chi connectivity index (χ1n) is 5.88. The predicted octanol–water partition coefficient (Wildman–Crippen LogP) is 3.46. The second kappa shape index (κ2) is 5.54. The smallest absolute Gasteiger partial charge is 0.253 e. The molecule has 0 saturated heterocycles. The molecule has 0 radical (unpaired) electrons. The normalized spacial score (nSPS) is 11.4. The molecule has 1 aromatic heterocycles. The Hall–Kier alpha value is -1.40. The lowest BCUT2D eigenvalue weighted by atomic mass is 10.0. The molecular weight excluding hydrogens is 346 g/mol. The van der Waals surface area contributed by atoms with E-state index in [1.54, 1.807) is 39.0 Å². The number of hydrogen-bond acceptors (Lipinski definition) is 4. The molecule has 0 bridgehead atoms. The molecule has 106 valence electrons. The first kappa shape index (κ1) is 15.0. The zero-order valence-electron chi connectivity index (χ0n) is 11.2. The van der Waals surface area contributed by atoms with Crippen LogP contribution >= 0.6 is 27.5 Å². The van der Waals surface area contributed by atoms with E-state index in [-0.39, 0.29) is 5.91 Å². The number of halogens is 2. The van der Waals surface area contributed by atoms with Crippen molar-refractivity contribution in [3.05, 3.63) is 45.0 Å². The summed E-state index contributed by atoms with van der Waals surface area (Å²) in [5.74, 6) is 0.557. The summed E-state index contributed by atoms with van der Waals surface area (Å²) in [4.78, 5) is 16.4. The van der Waals surface area contributed by atoms with E-state index in [4.69, 9.17) is 16.1 Å². The molecule has 0 spiro atoms. The lowest BCUT2D eigenvalue weighted by Gasteiger charge is -2.22. The van der Waals surface area contributed by atoms with Crippen LogP contribution in [0, 0.1) is 6.92 Å². The number of aryl methyl sites for hydroxylation is 1. The highest BCUT2D eigenvalue weighted by atomic mass is 79.9. The lowest BCUT2D eigenvalue weighted by Crippen LogP contribution is -2.42. The van der Waals surface area contributed by atoms with Gasteiger partial charge in [-0.25, -0.2) is 0 Å². The van der Waals surface area contributed by atoms with Gasteiger partial charge in [0.2, 0.25) is 5.89 Å². The van der Waals surface area contributed by atoms with Gasteiger partial charge in [-0.2, -0.15) is 4.98 Å². The molecule has 5 nitrogen and oxygen atoms in total. The summed E-state index contributed by atoms with van der Waals surface area (Å²) in [7, 11) is 0. The first-order valence-corrected chi connectivity index (χ1v) is 7.05. The van der Waals surface area contributed by atoms with E-state index in [1.165, 1.54) is 0 Å². The summed E-state index contributed by atoms with van der Waals surface area (Å²) in [5, 5.41) is 7.05. The Bertz CT molecular complexity index is 655. The van der Waals surface area contributed by atoms with Crippen LogP contribution in [0.4, 0.5) is 0 Å². The molecule has 0 saturated carbocycles. The largest absolute Gasteiger partial charge is 0.340 e. The molecule has 0 aliphatic carbocycles. The molecular formula is C13H13BrClN3O2. The van der Waals surface area contributed by atoms with Gasteiger partial charge >= 0.3 is 0 Å². The van der Waals surface area contributed by atoms with Gasteiger partial charge < -0.3 is 9.84 Å². The number of rotatable bonds is 3. The highest BCUT2D eigenvalue weighted by Crippen LogP contribution is 2.23. The van der Waals surface area contributed by atoms with Gasteiger partial charge in [-0.15, -0.1) is 0 Å². The quantitative estimate of drug-likeness (QED) is 0.912. The van der Waals surface area contributed by atoms with E-state index < -0.39 is 5.54 Å². The van der Waals surface area contributed by atoms with E-state index in [9.17, 15) is 4.79 Å². The van der Waals surface area contributed by atoms with Crippen molar-refractivity contribution < 1.29 is 9.32 Å². The number of carbonyl (C=O) groups is 1. The minimum atomic E-state index is -0.763. The van der Waals surface area contributed by atoms with E-state index in [0.29, 0.717) is 22.3 Å². The minimum absolute atomic E-state index is 0.302. The Morgan fingerprint density at radius 3 is 2.75 bits per heavy atom. The van der Waals surface area contributed by atoms with Crippen LogP contribution < -0.4 is 5.32 Å². The minimum Gasteiger partial charge on any atom is -0.340 e. The summed E-state index contributed by atoms with van der Waals surface area (Å²) >= 11 is 9.35. The maximum Gasteiger partial charge on any atom is 0.253 e. The van der Waals surface area contributed by atoms with Gasteiger partial charge in [0.1, 0.15) is 0 Å². The number of carbonyl (C=O) groups excluding carboxylic acids is 1. The molecule has 0 fully saturated rings. The third kappa shape index (κ3) is 3.19. The van der Waals surface area contributed by atoms with Crippen LogP contribution in [0.15, 0.2) is 27.2 Å². The molecule has 20 heavy (non-hydrogen) atoms. The molecule has 1 amide bonds. The highest BCUT2D eigenvalue weighted by Gasteiger charge is 2.29. The number of benzene rings is 1.